The maximum atomic E-state index is 13.1. The van der Waals surface area contributed by atoms with Crippen LogP contribution in [0.2, 0.25) is 0 Å². The second-order valence-corrected chi connectivity index (χ2v) is 8.93. The highest BCUT2D eigenvalue weighted by atomic mass is 32.1. The third-order valence-electron chi connectivity index (χ3n) is 5.57. The molecular formula is C23H25N3O4S. The van der Waals surface area contributed by atoms with Gasteiger partial charge in [0.05, 0.1) is 5.39 Å². The first-order valence-electron chi connectivity index (χ1n) is 10.5. The fraction of sp³-hybridized carbons (Fsp3) is 0.391. The molecule has 1 amide bonds. The van der Waals surface area contributed by atoms with E-state index < -0.39 is 18.0 Å². The molecule has 8 heteroatoms. The van der Waals surface area contributed by atoms with Gasteiger partial charge in [0.1, 0.15) is 15.5 Å². The number of rotatable bonds is 4. The largest absolute Gasteiger partial charge is 0.448 e. The summed E-state index contributed by atoms with van der Waals surface area (Å²) in [4.78, 5) is 43.8. The fourth-order valence-corrected chi connectivity index (χ4v) is 4.83. The summed E-state index contributed by atoms with van der Waals surface area (Å²) in [5, 5.41) is 3.21. The Balaban J connectivity index is 1.55. The standard InChI is InChI=1S/C23H25N3O4S/c1-13-8-10-16(11-9-13)24-20(27)15(3)30-23(29)19-14(2)18-21(31-19)25-17-7-5-4-6-12-26(17)22(18)28/h8-11,15H,4-7,12H2,1-3H3,(H,24,27). The van der Waals surface area contributed by atoms with Crippen molar-refractivity contribution in [2.75, 3.05) is 5.32 Å². The van der Waals surface area contributed by atoms with Crippen molar-refractivity contribution in [3.05, 3.63) is 56.4 Å². The normalized spacial score (nSPS) is 14.5. The van der Waals surface area contributed by atoms with Gasteiger partial charge < -0.3 is 10.1 Å². The van der Waals surface area contributed by atoms with Gasteiger partial charge in [-0.05, 0) is 51.3 Å². The van der Waals surface area contributed by atoms with Gasteiger partial charge in [0.15, 0.2) is 6.10 Å². The maximum Gasteiger partial charge on any atom is 0.349 e. The second kappa shape index (κ2) is 8.63. The van der Waals surface area contributed by atoms with Crippen LogP contribution in [0, 0.1) is 13.8 Å². The van der Waals surface area contributed by atoms with E-state index in [9.17, 15) is 14.4 Å². The van der Waals surface area contributed by atoms with E-state index in [1.54, 1.807) is 23.6 Å². The number of benzene rings is 1. The number of ether oxygens (including phenoxy) is 1. The number of aromatic nitrogens is 2. The second-order valence-electron chi connectivity index (χ2n) is 7.93. The molecule has 3 heterocycles. The van der Waals surface area contributed by atoms with Crippen LogP contribution in [0.4, 0.5) is 5.69 Å². The van der Waals surface area contributed by atoms with Crippen molar-refractivity contribution in [2.45, 2.75) is 59.1 Å². The molecule has 0 fully saturated rings. The van der Waals surface area contributed by atoms with Crippen LogP contribution >= 0.6 is 11.3 Å². The third-order valence-corrected chi connectivity index (χ3v) is 6.73. The minimum atomic E-state index is -0.982. The van der Waals surface area contributed by atoms with Gasteiger partial charge in [0.2, 0.25) is 0 Å². The van der Waals surface area contributed by atoms with Crippen molar-refractivity contribution in [1.29, 1.82) is 0 Å². The summed E-state index contributed by atoms with van der Waals surface area (Å²) in [5.41, 5.74) is 2.18. The van der Waals surface area contributed by atoms with Crippen molar-refractivity contribution < 1.29 is 14.3 Å². The molecule has 1 aliphatic rings. The summed E-state index contributed by atoms with van der Waals surface area (Å²) in [6.07, 6.45) is 2.81. The van der Waals surface area contributed by atoms with Crippen LogP contribution in [0.3, 0.4) is 0 Å². The Kier molecular flexibility index (Phi) is 5.91. The van der Waals surface area contributed by atoms with Crippen molar-refractivity contribution in [3.8, 4) is 0 Å². The lowest BCUT2D eigenvalue weighted by Crippen LogP contribution is -2.30. The lowest BCUT2D eigenvalue weighted by atomic mass is 10.2. The Bertz CT molecular complexity index is 1210. The summed E-state index contributed by atoms with van der Waals surface area (Å²) in [6, 6.07) is 7.36. The summed E-state index contributed by atoms with van der Waals surface area (Å²) < 4.78 is 7.15. The van der Waals surface area contributed by atoms with Crippen LogP contribution < -0.4 is 10.9 Å². The summed E-state index contributed by atoms with van der Waals surface area (Å²) in [6.45, 7) is 5.88. The number of fused-ring (bicyclic) bond motifs is 2. The van der Waals surface area contributed by atoms with Crippen molar-refractivity contribution in [2.24, 2.45) is 0 Å². The number of thiophene rings is 1. The van der Waals surface area contributed by atoms with Crippen LogP contribution in [0.25, 0.3) is 10.2 Å². The molecule has 0 bridgehead atoms. The predicted molar refractivity (Wildman–Crippen MR) is 121 cm³/mol. The summed E-state index contributed by atoms with van der Waals surface area (Å²) in [7, 11) is 0. The zero-order valence-electron chi connectivity index (χ0n) is 17.9. The molecule has 0 spiro atoms. The molecule has 0 radical (unpaired) electrons. The number of hydrogen-bond donors (Lipinski definition) is 1. The highest BCUT2D eigenvalue weighted by Crippen LogP contribution is 2.29. The SMILES string of the molecule is Cc1ccc(NC(=O)C(C)OC(=O)c2sc3nc4n(c(=O)c3c2C)CCCCC4)cc1. The van der Waals surface area contributed by atoms with E-state index >= 15 is 0 Å². The molecule has 0 saturated heterocycles. The van der Waals surface area contributed by atoms with Gasteiger partial charge in [-0.3, -0.25) is 14.2 Å². The number of carbonyl (C=O) groups is 2. The van der Waals surface area contributed by atoms with Crippen LogP contribution in [0.5, 0.6) is 0 Å². The number of amides is 1. The summed E-state index contributed by atoms with van der Waals surface area (Å²) >= 11 is 1.15. The Morgan fingerprint density at radius 1 is 1.16 bits per heavy atom. The monoisotopic (exact) mass is 439 g/mol. The number of aryl methyl sites for hydroxylation is 3. The maximum absolute atomic E-state index is 13.1. The van der Waals surface area contributed by atoms with E-state index in [2.05, 4.69) is 10.3 Å². The van der Waals surface area contributed by atoms with Crippen LogP contribution in [0.1, 0.15) is 52.8 Å². The lowest BCUT2D eigenvalue weighted by Gasteiger charge is -2.13. The first kappa shape index (κ1) is 21.2. The Hall–Kier alpha value is -3.00. The van der Waals surface area contributed by atoms with Crippen LogP contribution in [-0.2, 0) is 22.5 Å². The van der Waals surface area contributed by atoms with Gasteiger partial charge in [0.25, 0.3) is 11.5 Å². The molecule has 0 saturated carbocycles. The highest BCUT2D eigenvalue weighted by molar-refractivity contribution is 7.20. The van der Waals surface area contributed by atoms with Crippen LogP contribution in [-0.4, -0.2) is 27.5 Å². The zero-order valence-corrected chi connectivity index (χ0v) is 18.7. The smallest absolute Gasteiger partial charge is 0.349 e. The molecule has 162 valence electrons. The van der Waals surface area contributed by atoms with Gasteiger partial charge in [-0.15, -0.1) is 11.3 Å². The van der Waals surface area contributed by atoms with Crippen molar-refractivity contribution in [3.63, 3.8) is 0 Å². The average Bonchev–Trinajstić information content (AvgIpc) is 2.91. The molecule has 1 atom stereocenters. The molecule has 1 aromatic carbocycles. The zero-order chi connectivity index (χ0) is 22.1. The van der Waals surface area contributed by atoms with Crippen molar-refractivity contribution >= 4 is 39.1 Å². The van der Waals surface area contributed by atoms with Gasteiger partial charge in [-0.2, -0.15) is 0 Å². The van der Waals surface area contributed by atoms with Gasteiger partial charge in [0, 0.05) is 18.7 Å². The molecular weight excluding hydrogens is 414 g/mol. The lowest BCUT2D eigenvalue weighted by molar-refractivity contribution is -0.123. The highest BCUT2D eigenvalue weighted by Gasteiger charge is 2.26. The third kappa shape index (κ3) is 4.25. The number of esters is 1. The number of nitrogens with one attached hydrogen (secondary N) is 1. The molecule has 0 aliphatic carbocycles. The first-order chi connectivity index (χ1) is 14.8. The van der Waals surface area contributed by atoms with E-state index in [1.165, 1.54) is 6.92 Å². The topological polar surface area (TPSA) is 90.3 Å². The first-order valence-corrected chi connectivity index (χ1v) is 11.3. The number of carbonyl (C=O) groups excluding carboxylic acids is 2. The van der Waals surface area contributed by atoms with Gasteiger partial charge in [-0.25, -0.2) is 9.78 Å². The Morgan fingerprint density at radius 2 is 1.90 bits per heavy atom. The Labute approximate surface area is 184 Å². The average molecular weight is 440 g/mol. The van der Waals surface area contributed by atoms with E-state index in [1.807, 2.05) is 19.1 Å². The molecule has 31 heavy (non-hydrogen) atoms. The van der Waals surface area contributed by atoms with Crippen molar-refractivity contribution in [1.82, 2.24) is 9.55 Å². The quantitative estimate of drug-likeness (QED) is 0.621. The number of nitrogens with zero attached hydrogens (tertiary/aromatic N) is 2. The van der Waals surface area contributed by atoms with E-state index in [0.717, 1.165) is 48.4 Å². The fourth-order valence-electron chi connectivity index (χ4n) is 3.75. The van der Waals surface area contributed by atoms with Gasteiger partial charge >= 0.3 is 5.97 Å². The van der Waals surface area contributed by atoms with Gasteiger partial charge in [-0.1, -0.05) is 24.1 Å². The van der Waals surface area contributed by atoms with Crippen LogP contribution in [0.15, 0.2) is 29.1 Å². The number of anilines is 1. The molecule has 1 aliphatic heterocycles. The predicted octanol–water partition coefficient (Wildman–Crippen LogP) is 3.99. The molecule has 2 aromatic heterocycles. The molecule has 4 rings (SSSR count). The van der Waals surface area contributed by atoms with E-state index in [-0.39, 0.29) is 5.56 Å². The molecule has 3 aromatic rings. The number of hydrogen-bond acceptors (Lipinski definition) is 6. The van der Waals surface area contributed by atoms with E-state index in [0.29, 0.717) is 32.9 Å². The molecule has 7 nitrogen and oxygen atoms in total. The minimum absolute atomic E-state index is 0.0973. The molecule has 1 N–H and O–H groups in total. The Morgan fingerprint density at radius 3 is 2.65 bits per heavy atom. The molecule has 1 unspecified atom stereocenters. The summed E-state index contributed by atoms with van der Waals surface area (Å²) in [5.74, 6) is -0.255. The van der Waals surface area contributed by atoms with E-state index in [4.69, 9.17) is 4.74 Å². The minimum Gasteiger partial charge on any atom is -0.448 e.